The second-order valence-electron chi connectivity index (χ2n) is 5.74. The molecule has 6 nitrogen and oxygen atoms in total. The standard InChI is InChI=1S/C20H13N5O/c1-13-6-8-14(9-7-13)19-24-20(26-25-19)15(11-21)10-16-12-22-17-4-2-3-5-18(17)23-16/h2-10,12H,1H3. The zero-order chi connectivity index (χ0) is 17.9. The Balaban J connectivity index is 1.69. The van der Waals surface area contributed by atoms with Gasteiger partial charge in [-0.2, -0.15) is 10.2 Å². The molecule has 0 radical (unpaired) electrons. The van der Waals surface area contributed by atoms with Gasteiger partial charge in [0.2, 0.25) is 5.82 Å². The minimum absolute atomic E-state index is 0.151. The summed E-state index contributed by atoms with van der Waals surface area (Å²) in [5.41, 5.74) is 4.31. The van der Waals surface area contributed by atoms with Crippen LogP contribution < -0.4 is 0 Å². The lowest BCUT2D eigenvalue weighted by Crippen LogP contribution is -1.89. The van der Waals surface area contributed by atoms with E-state index >= 15 is 0 Å². The molecule has 0 bridgehead atoms. The van der Waals surface area contributed by atoms with Gasteiger partial charge in [-0.3, -0.25) is 4.98 Å². The lowest BCUT2D eigenvalue weighted by atomic mass is 10.1. The molecule has 2 aromatic heterocycles. The molecule has 26 heavy (non-hydrogen) atoms. The fourth-order valence-electron chi connectivity index (χ4n) is 2.48. The maximum Gasteiger partial charge on any atom is 0.268 e. The first-order chi connectivity index (χ1) is 12.7. The summed E-state index contributed by atoms with van der Waals surface area (Å²) in [6.07, 6.45) is 3.20. The van der Waals surface area contributed by atoms with E-state index in [-0.39, 0.29) is 11.5 Å². The van der Waals surface area contributed by atoms with Crippen molar-refractivity contribution in [2.45, 2.75) is 6.92 Å². The topological polar surface area (TPSA) is 88.5 Å². The Bertz CT molecular complexity index is 1150. The summed E-state index contributed by atoms with van der Waals surface area (Å²) in [5.74, 6) is 0.587. The van der Waals surface area contributed by atoms with Gasteiger partial charge in [0.1, 0.15) is 11.6 Å². The predicted octanol–water partition coefficient (Wildman–Crippen LogP) is 4.05. The Kier molecular flexibility index (Phi) is 3.96. The van der Waals surface area contributed by atoms with Crippen molar-refractivity contribution in [3.05, 3.63) is 71.9 Å². The van der Waals surface area contributed by atoms with Crippen LogP contribution in [0.5, 0.6) is 0 Å². The van der Waals surface area contributed by atoms with E-state index in [1.807, 2.05) is 55.5 Å². The van der Waals surface area contributed by atoms with Crippen molar-refractivity contribution < 1.29 is 4.52 Å². The Morgan fingerprint density at radius 3 is 2.58 bits per heavy atom. The van der Waals surface area contributed by atoms with Crippen LogP contribution in [0.25, 0.3) is 34.1 Å². The quantitative estimate of drug-likeness (QED) is 0.523. The average Bonchev–Trinajstić information content (AvgIpc) is 3.16. The number of benzene rings is 2. The summed E-state index contributed by atoms with van der Waals surface area (Å²) in [7, 11) is 0. The second-order valence-corrected chi connectivity index (χ2v) is 5.74. The summed E-state index contributed by atoms with van der Waals surface area (Å²) in [5, 5.41) is 13.4. The lowest BCUT2D eigenvalue weighted by molar-refractivity contribution is 0.409. The van der Waals surface area contributed by atoms with E-state index in [0.29, 0.717) is 11.5 Å². The van der Waals surface area contributed by atoms with Gasteiger partial charge in [-0.1, -0.05) is 47.1 Å². The van der Waals surface area contributed by atoms with Crippen molar-refractivity contribution in [2.75, 3.05) is 0 Å². The first-order valence-corrected chi connectivity index (χ1v) is 7.97. The van der Waals surface area contributed by atoms with Gasteiger partial charge in [-0.25, -0.2) is 4.98 Å². The highest BCUT2D eigenvalue weighted by atomic mass is 16.5. The number of hydrogen-bond donors (Lipinski definition) is 0. The Morgan fingerprint density at radius 2 is 1.81 bits per heavy atom. The summed E-state index contributed by atoms with van der Waals surface area (Å²) < 4.78 is 5.26. The van der Waals surface area contributed by atoms with Crippen LogP contribution in [0.1, 0.15) is 17.1 Å². The van der Waals surface area contributed by atoms with Crippen LogP contribution in [0, 0.1) is 18.3 Å². The van der Waals surface area contributed by atoms with E-state index in [0.717, 1.165) is 22.2 Å². The van der Waals surface area contributed by atoms with Gasteiger partial charge >= 0.3 is 0 Å². The first-order valence-electron chi connectivity index (χ1n) is 7.97. The molecular weight excluding hydrogens is 326 g/mol. The van der Waals surface area contributed by atoms with Crippen molar-refractivity contribution in [3.63, 3.8) is 0 Å². The molecule has 0 spiro atoms. The molecule has 0 fully saturated rings. The van der Waals surface area contributed by atoms with Crippen molar-refractivity contribution in [1.29, 1.82) is 5.26 Å². The molecule has 0 aliphatic heterocycles. The maximum absolute atomic E-state index is 9.48. The van der Waals surface area contributed by atoms with Gasteiger partial charge in [0, 0.05) is 5.56 Å². The van der Waals surface area contributed by atoms with Crippen LogP contribution in [0.4, 0.5) is 0 Å². The molecule has 0 atom stereocenters. The van der Waals surface area contributed by atoms with E-state index in [2.05, 4.69) is 26.2 Å². The zero-order valence-electron chi connectivity index (χ0n) is 13.9. The van der Waals surface area contributed by atoms with Gasteiger partial charge in [0.25, 0.3) is 5.89 Å². The molecular formula is C20H13N5O. The average molecular weight is 339 g/mol. The van der Waals surface area contributed by atoms with Crippen LogP contribution in [-0.2, 0) is 0 Å². The largest absolute Gasteiger partial charge is 0.333 e. The molecule has 2 aromatic carbocycles. The summed E-state index contributed by atoms with van der Waals surface area (Å²) >= 11 is 0. The smallest absolute Gasteiger partial charge is 0.268 e. The number of nitriles is 1. The molecule has 0 amide bonds. The molecule has 2 heterocycles. The highest BCUT2D eigenvalue weighted by molar-refractivity contribution is 5.87. The molecule has 124 valence electrons. The van der Waals surface area contributed by atoms with Crippen LogP contribution >= 0.6 is 0 Å². The van der Waals surface area contributed by atoms with Crippen LogP contribution in [0.2, 0.25) is 0 Å². The molecule has 6 heteroatoms. The number of para-hydroxylation sites is 2. The number of nitrogens with zero attached hydrogens (tertiary/aromatic N) is 5. The summed E-state index contributed by atoms with van der Waals surface area (Å²) in [4.78, 5) is 13.1. The van der Waals surface area contributed by atoms with Crippen LogP contribution in [0.3, 0.4) is 0 Å². The van der Waals surface area contributed by atoms with E-state index < -0.39 is 0 Å². The summed E-state index contributed by atoms with van der Waals surface area (Å²) in [6.45, 7) is 2.01. The molecule has 0 aliphatic carbocycles. The van der Waals surface area contributed by atoms with Crippen molar-refractivity contribution in [1.82, 2.24) is 20.1 Å². The molecule has 4 rings (SSSR count). The van der Waals surface area contributed by atoms with Gasteiger partial charge in [-0.15, -0.1) is 0 Å². The number of aromatic nitrogens is 4. The lowest BCUT2D eigenvalue weighted by Gasteiger charge is -1.98. The van der Waals surface area contributed by atoms with E-state index in [4.69, 9.17) is 4.52 Å². The number of aryl methyl sites for hydroxylation is 1. The predicted molar refractivity (Wildman–Crippen MR) is 97.5 cm³/mol. The monoisotopic (exact) mass is 339 g/mol. The van der Waals surface area contributed by atoms with Crippen molar-refractivity contribution in [2.24, 2.45) is 0 Å². The van der Waals surface area contributed by atoms with Crippen molar-refractivity contribution in [3.8, 4) is 17.5 Å². The minimum Gasteiger partial charge on any atom is -0.333 e. The van der Waals surface area contributed by atoms with Crippen molar-refractivity contribution >= 4 is 22.7 Å². The van der Waals surface area contributed by atoms with Crippen LogP contribution in [0.15, 0.2) is 59.3 Å². The number of hydrogen-bond acceptors (Lipinski definition) is 6. The number of allylic oxidation sites excluding steroid dienone is 1. The Hall–Kier alpha value is -3.85. The van der Waals surface area contributed by atoms with Gasteiger partial charge in [0.15, 0.2) is 0 Å². The Labute approximate surface area is 149 Å². The van der Waals surface area contributed by atoms with Gasteiger partial charge in [-0.05, 0) is 25.1 Å². The van der Waals surface area contributed by atoms with E-state index in [1.54, 1.807) is 12.3 Å². The molecule has 0 N–H and O–H groups in total. The Morgan fingerprint density at radius 1 is 1.04 bits per heavy atom. The number of fused-ring (bicyclic) bond motifs is 1. The zero-order valence-corrected chi connectivity index (χ0v) is 13.9. The fraction of sp³-hybridized carbons (Fsp3) is 0.0500. The highest BCUT2D eigenvalue weighted by Crippen LogP contribution is 2.21. The number of rotatable bonds is 3. The third kappa shape index (κ3) is 3.06. The van der Waals surface area contributed by atoms with Gasteiger partial charge in [0.05, 0.1) is 22.9 Å². The minimum atomic E-state index is 0.151. The SMILES string of the molecule is Cc1ccc(-c2noc(C(C#N)=Cc3cnc4ccccc4n3)n2)cc1. The molecule has 0 saturated heterocycles. The second kappa shape index (κ2) is 6.57. The fourth-order valence-corrected chi connectivity index (χ4v) is 2.48. The molecule has 0 saturated carbocycles. The normalized spacial score (nSPS) is 11.5. The molecule has 0 aliphatic rings. The first kappa shape index (κ1) is 15.7. The van der Waals surface area contributed by atoms with E-state index in [9.17, 15) is 5.26 Å². The molecule has 4 aromatic rings. The third-order valence-corrected chi connectivity index (χ3v) is 3.85. The van der Waals surface area contributed by atoms with Gasteiger partial charge < -0.3 is 4.52 Å². The third-order valence-electron chi connectivity index (χ3n) is 3.85. The van der Waals surface area contributed by atoms with Crippen LogP contribution in [-0.4, -0.2) is 20.1 Å². The van der Waals surface area contributed by atoms with E-state index in [1.165, 1.54) is 0 Å². The summed E-state index contributed by atoms with van der Waals surface area (Å²) in [6, 6.07) is 17.4. The maximum atomic E-state index is 9.48. The molecule has 0 unspecified atom stereocenters. The highest BCUT2D eigenvalue weighted by Gasteiger charge is 2.13.